The van der Waals surface area contributed by atoms with Gasteiger partial charge in [0.05, 0.1) is 22.7 Å². The molecular weight excluding hydrogens is 322 g/mol. The van der Waals surface area contributed by atoms with E-state index in [0.717, 1.165) is 41.9 Å². The molecule has 2 bridgehead atoms. The zero-order valence-electron chi connectivity index (χ0n) is 15.6. The molecule has 1 aromatic carbocycles. The van der Waals surface area contributed by atoms with E-state index in [1.807, 2.05) is 12.1 Å². The van der Waals surface area contributed by atoms with Crippen LogP contribution in [0.4, 0.5) is 0 Å². The number of nitrogens with zero attached hydrogens (tertiary/aromatic N) is 2. The standard InChI is InChI=1S/C22H27N3O/c1-2-12-25-17-5-3-4-16(14-23)19(17)20(21(24)26)18(25)13-22-9-6-15(7-10-22)8-11-22/h3-5,15H,2,6-13H2,1H3,(H2,24,26). The minimum Gasteiger partial charge on any atom is -0.366 e. The largest absolute Gasteiger partial charge is 0.366 e. The van der Waals surface area contributed by atoms with Gasteiger partial charge in [-0.3, -0.25) is 4.79 Å². The van der Waals surface area contributed by atoms with Crippen molar-refractivity contribution in [1.82, 2.24) is 4.57 Å². The molecule has 2 aromatic rings. The number of benzene rings is 1. The summed E-state index contributed by atoms with van der Waals surface area (Å²) < 4.78 is 2.27. The summed E-state index contributed by atoms with van der Waals surface area (Å²) in [7, 11) is 0. The Morgan fingerprint density at radius 3 is 2.58 bits per heavy atom. The van der Waals surface area contributed by atoms with Crippen molar-refractivity contribution >= 4 is 16.8 Å². The van der Waals surface area contributed by atoms with Gasteiger partial charge in [0, 0.05) is 17.6 Å². The van der Waals surface area contributed by atoms with Gasteiger partial charge in [-0.25, -0.2) is 0 Å². The Labute approximate surface area is 155 Å². The summed E-state index contributed by atoms with van der Waals surface area (Å²) in [6.45, 7) is 3.00. The Morgan fingerprint density at radius 2 is 2.00 bits per heavy atom. The molecule has 0 radical (unpaired) electrons. The van der Waals surface area contributed by atoms with Crippen LogP contribution in [-0.4, -0.2) is 10.5 Å². The molecule has 1 heterocycles. The number of aryl methyl sites for hydroxylation is 1. The molecule has 4 heteroatoms. The van der Waals surface area contributed by atoms with Crippen LogP contribution >= 0.6 is 0 Å². The summed E-state index contributed by atoms with van der Waals surface area (Å²) >= 11 is 0. The van der Waals surface area contributed by atoms with Crippen molar-refractivity contribution in [2.24, 2.45) is 17.1 Å². The van der Waals surface area contributed by atoms with Crippen LogP contribution in [0.25, 0.3) is 10.9 Å². The molecule has 0 unspecified atom stereocenters. The van der Waals surface area contributed by atoms with Crippen LogP contribution < -0.4 is 5.73 Å². The number of nitrogens with two attached hydrogens (primary N) is 1. The van der Waals surface area contributed by atoms with E-state index in [1.165, 1.54) is 38.5 Å². The van der Waals surface area contributed by atoms with E-state index in [4.69, 9.17) is 5.73 Å². The van der Waals surface area contributed by atoms with Crippen molar-refractivity contribution in [2.75, 3.05) is 0 Å². The average Bonchev–Trinajstić information content (AvgIpc) is 2.96. The predicted octanol–water partition coefficient (Wildman–Crippen LogP) is 4.53. The molecule has 0 spiro atoms. The lowest BCUT2D eigenvalue weighted by Gasteiger charge is -2.47. The Hall–Kier alpha value is -2.28. The Kier molecular flexibility index (Phi) is 4.26. The SMILES string of the molecule is CCCn1c(CC23CCC(CC2)CC3)c(C(N)=O)c2c(C#N)cccc21. The number of carbonyl (C=O) groups is 1. The first-order valence-corrected chi connectivity index (χ1v) is 9.92. The molecule has 0 aliphatic heterocycles. The maximum atomic E-state index is 12.5. The van der Waals surface area contributed by atoms with Crippen LogP contribution in [0.2, 0.25) is 0 Å². The lowest BCUT2D eigenvalue weighted by molar-refractivity contribution is 0.0633. The number of aromatic nitrogens is 1. The highest BCUT2D eigenvalue weighted by Crippen LogP contribution is 2.52. The summed E-state index contributed by atoms with van der Waals surface area (Å²) in [5, 5.41) is 10.3. The maximum Gasteiger partial charge on any atom is 0.251 e. The third kappa shape index (κ3) is 2.61. The van der Waals surface area contributed by atoms with Gasteiger partial charge in [0.2, 0.25) is 0 Å². The highest BCUT2D eigenvalue weighted by molar-refractivity contribution is 6.09. The summed E-state index contributed by atoms with van der Waals surface area (Å²) in [6.07, 6.45) is 9.65. The molecule has 3 aliphatic rings. The molecule has 136 valence electrons. The normalized spacial score (nSPS) is 24.7. The molecule has 0 saturated heterocycles. The first-order valence-electron chi connectivity index (χ1n) is 9.92. The second kappa shape index (κ2) is 6.46. The van der Waals surface area contributed by atoms with Gasteiger partial charge in [0.25, 0.3) is 5.91 Å². The molecule has 3 saturated carbocycles. The van der Waals surface area contributed by atoms with Crippen LogP contribution in [0.3, 0.4) is 0 Å². The van der Waals surface area contributed by atoms with Gasteiger partial charge in [-0.1, -0.05) is 13.0 Å². The van der Waals surface area contributed by atoms with Crippen molar-refractivity contribution in [3.63, 3.8) is 0 Å². The van der Waals surface area contributed by atoms with E-state index >= 15 is 0 Å². The highest BCUT2D eigenvalue weighted by atomic mass is 16.1. The fourth-order valence-electron chi connectivity index (χ4n) is 5.43. The van der Waals surface area contributed by atoms with Gasteiger partial charge in [-0.15, -0.1) is 0 Å². The van der Waals surface area contributed by atoms with Crippen molar-refractivity contribution < 1.29 is 4.79 Å². The molecule has 3 aliphatic carbocycles. The summed E-state index contributed by atoms with van der Waals surface area (Å²) in [5.41, 5.74) is 9.36. The molecular formula is C22H27N3O. The van der Waals surface area contributed by atoms with Crippen molar-refractivity contribution in [2.45, 2.75) is 64.8 Å². The van der Waals surface area contributed by atoms with Gasteiger partial charge in [-0.2, -0.15) is 5.26 Å². The molecule has 1 aromatic heterocycles. The van der Waals surface area contributed by atoms with Crippen LogP contribution in [-0.2, 0) is 13.0 Å². The van der Waals surface area contributed by atoms with Gasteiger partial charge >= 0.3 is 0 Å². The first kappa shape index (κ1) is 17.1. The van der Waals surface area contributed by atoms with E-state index < -0.39 is 5.91 Å². The number of amides is 1. The summed E-state index contributed by atoms with van der Waals surface area (Å²) in [5.74, 6) is 0.516. The third-order valence-electron chi connectivity index (χ3n) is 6.80. The summed E-state index contributed by atoms with van der Waals surface area (Å²) in [6, 6.07) is 7.99. The van der Waals surface area contributed by atoms with Crippen molar-refractivity contribution in [3.05, 3.63) is 35.0 Å². The van der Waals surface area contributed by atoms with E-state index in [2.05, 4.69) is 17.6 Å². The number of rotatable bonds is 5. The Balaban J connectivity index is 1.92. The van der Waals surface area contributed by atoms with Crippen LogP contribution in [0.15, 0.2) is 18.2 Å². The van der Waals surface area contributed by atoms with Gasteiger partial charge in [0.1, 0.15) is 0 Å². The van der Waals surface area contributed by atoms with Gasteiger partial charge < -0.3 is 10.3 Å². The molecule has 26 heavy (non-hydrogen) atoms. The number of hydrogen-bond donors (Lipinski definition) is 1. The van der Waals surface area contributed by atoms with Gasteiger partial charge in [0.15, 0.2) is 0 Å². The molecule has 0 atom stereocenters. The Bertz CT molecular complexity index is 880. The van der Waals surface area contributed by atoms with E-state index in [-0.39, 0.29) is 0 Å². The summed E-state index contributed by atoms with van der Waals surface area (Å²) in [4.78, 5) is 12.5. The molecule has 3 fully saturated rings. The van der Waals surface area contributed by atoms with Crippen LogP contribution in [0.5, 0.6) is 0 Å². The number of nitriles is 1. The van der Waals surface area contributed by atoms with E-state index in [1.54, 1.807) is 6.07 Å². The lowest BCUT2D eigenvalue weighted by atomic mass is 9.59. The Morgan fingerprint density at radius 1 is 1.31 bits per heavy atom. The minimum absolute atomic E-state index is 0.311. The van der Waals surface area contributed by atoms with Crippen LogP contribution in [0.1, 0.15) is 73.5 Å². The zero-order chi connectivity index (χ0) is 18.3. The molecule has 2 N–H and O–H groups in total. The predicted molar refractivity (Wildman–Crippen MR) is 103 cm³/mol. The highest BCUT2D eigenvalue weighted by Gasteiger charge is 2.41. The quantitative estimate of drug-likeness (QED) is 0.861. The van der Waals surface area contributed by atoms with Crippen molar-refractivity contribution in [1.29, 1.82) is 5.26 Å². The van der Waals surface area contributed by atoms with Gasteiger partial charge in [-0.05, 0) is 74.8 Å². The lowest BCUT2D eigenvalue weighted by Crippen LogP contribution is -2.36. The number of primary amides is 1. The monoisotopic (exact) mass is 349 g/mol. The maximum absolute atomic E-state index is 12.5. The van der Waals surface area contributed by atoms with Crippen LogP contribution in [0, 0.1) is 22.7 Å². The average molecular weight is 349 g/mol. The zero-order valence-corrected chi connectivity index (χ0v) is 15.6. The van der Waals surface area contributed by atoms with E-state index in [0.29, 0.717) is 16.5 Å². The van der Waals surface area contributed by atoms with Crippen molar-refractivity contribution in [3.8, 4) is 6.07 Å². The minimum atomic E-state index is -0.400. The smallest absolute Gasteiger partial charge is 0.251 e. The molecule has 4 nitrogen and oxygen atoms in total. The number of fused-ring (bicyclic) bond motifs is 4. The van der Waals surface area contributed by atoms with E-state index in [9.17, 15) is 10.1 Å². The topological polar surface area (TPSA) is 71.8 Å². The first-order chi connectivity index (χ1) is 12.6. The number of hydrogen-bond acceptors (Lipinski definition) is 2. The second-order valence-corrected chi connectivity index (χ2v) is 8.31. The molecule has 1 amide bonds. The fourth-order valence-corrected chi connectivity index (χ4v) is 5.43. The fraction of sp³-hybridized carbons (Fsp3) is 0.545. The second-order valence-electron chi connectivity index (χ2n) is 8.31. The third-order valence-corrected chi connectivity index (χ3v) is 6.80. The number of carbonyl (C=O) groups excluding carboxylic acids is 1. The molecule has 5 rings (SSSR count).